The Hall–Kier alpha value is -8.32. The van der Waals surface area contributed by atoms with Gasteiger partial charge in [-0.15, -0.1) is 0 Å². The van der Waals surface area contributed by atoms with E-state index in [4.69, 9.17) is 33.1 Å². The van der Waals surface area contributed by atoms with Crippen molar-refractivity contribution in [3.63, 3.8) is 0 Å². The minimum Gasteiger partial charge on any atom is -0.256 e. The van der Waals surface area contributed by atoms with Gasteiger partial charge in [0.1, 0.15) is 0 Å². The molecule has 0 unspecified atom stereocenters. The molecule has 2 heterocycles. The van der Waals surface area contributed by atoms with E-state index in [-0.39, 0.29) is 0 Å². The van der Waals surface area contributed by atoms with Crippen LogP contribution in [0.3, 0.4) is 0 Å². The molecule has 0 amide bonds. The van der Waals surface area contributed by atoms with Gasteiger partial charge < -0.3 is 0 Å². The Morgan fingerprint density at radius 3 is 1.50 bits per heavy atom. The first-order valence-corrected chi connectivity index (χ1v) is 18.9. The number of nitrogens with zero attached hydrogens (tertiary/aromatic N) is 6. The highest BCUT2D eigenvalue weighted by Gasteiger charge is 2.17. The molecule has 0 aliphatic rings. The Morgan fingerprint density at radius 1 is 0.328 bits per heavy atom. The molecule has 58 heavy (non-hydrogen) atoms. The molecule has 10 rings (SSSR count). The van der Waals surface area contributed by atoms with Crippen LogP contribution in [0, 0.1) is 13.1 Å². The Kier molecular flexibility index (Phi) is 8.49. The predicted molar refractivity (Wildman–Crippen MR) is 235 cm³/mol. The standard InChI is InChI=1S/C52H30N6/c1-53-40-28-39(29-41(30-40)54-2)33-22-24-34(25-23-33)45-31-48-44-21-12-26-55-49(44)46(32-47(48)43-20-10-9-19-42(43)45)37-17-11-18-38(27-37)52-57-50(35-13-5-3-6-14-35)56-51(58-52)36-15-7-4-8-16-36/h3-32H. The van der Waals surface area contributed by atoms with Crippen molar-refractivity contribution in [3.8, 4) is 67.5 Å². The zero-order valence-electron chi connectivity index (χ0n) is 31.0. The van der Waals surface area contributed by atoms with Gasteiger partial charge in [0.25, 0.3) is 0 Å². The maximum absolute atomic E-state index is 7.51. The quantitative estimate of drug-likeness (QED) is 0.126. The maximum atomic E-state index is 7.51. The molecule has 2 aromatic heterocycles. The van der Waals surface area contributed by atoms with Gasteiger partial charge >= 0.3 is 0 Å². The average molecular weight is 739 g/mol. The first kappa shape index (κ1) is 34.2. The summed E-state index contributed by atoms with van der Waals surface area (Å²) in [6.07, 6.45) is 1.86. The van der Waals surface area contributed by atoms with Gasteiger partial charge in [-0.2, -0.15) is 0 Å². The first-order chi connectivity index (χ1) is 28.6. The lowest BCUT2D eigenvalue weighted by Crippen LogP contribution is -2.00. The predicted octanol–water partition coefficient (Wildman–Crippen LogP) is 13.8. The van der Waals surface area contributed by atoms with Crippen LogP contribution in [-0.2, 0) is 0 Å². The number of fused-ring (bicyclic) bond motifs is 5. The van der Waals surface area contributed by atoms with Crippen molar-refractivity contribution in [1.29, 1.82) is 0 Å². The minimum absolute atomic E-state index is 0.458. The molecule has 268 valence electrons. The minimum atomic E-state index is 0.458. The Balaban J connectivity index is 1.12. The van der Waals surface area contributed by atoms with Crippen molar-refractivity contribution < 1.29 is 0 Å². The van der Waals surface area contributed by atoms with E-state index in [0.717, 1.165) is 82.5 Å². The topological polar surface area (TPSA) is 60.3 Å². The van der Waals surface area contributed by atoms with Gasteiger partial charge in [-0.3, -0.25) is 4.98 Å². The number of pyridine rings is 1. The number of hydrogen-bond acceptors (Lipinski definition) is 4. The van der Waals surface area contributed by atoms with Crippen LogP contribution in [-0.4, -0.2) is 19.9 Å². The van der Waals surface area contributed by atoms with E-state index < -0.39 is 0 Å². The van der Waals surface area contributed by atoms with Crippen LogP contribution in [0.5, 0.6) is 0 Å². The van der Waals surface area contributed by atoms with Crippen LogP contribution in [0.1, 0.15) is 0 Å². The molecule has 0 spiro atoms. The monoisotopic (exact) mass is 738 g/mol. The largest absolute Gasteiger partial charge is 0.256 e. The Labute approximate surface area is 335 Å². The zero-order valence-corrected chi connectivity index (χ0v) is 31.0. The van der Waals surface area contributed by atoms with Crippen LogP contribution in [0.25, 0.3) is 110 Å². The van der Waals surface area contributed by atoms with Crippen LogP contribution in [0.2, 0.25) is 0 Å². The summed E-state index contributed by atoms with van der Waals surface area (Å²) in [4.78, 5) is 27.1. The van der Waals surface area contributed by atoms with Crippen LogP contribution < -0.4 is 0 Å². The molecule has 0 saturated heterocycles. The van der Waals surface area contributed by atoms with E-state index in [1.807, 2.05) is 85.1 Å². The summed E-state index contributed by atoms with van der Waals surface area (Å²) in [5, 5.41) is 5.60. The van der Waals surface area contributed by atoms with Crippen molar-refractivity contribution in [3.05, 3.63) is 205 Å². The highest BCUT2D eigenvalue weighted by Crippen LogP contribution is 2.42. The highest BCUT2D eigenvalue weighted by atomic mass is 15.0. The van der Waals surface area contributed by atoms with E-state index in [9.17, 15) is 0 Å². The van der Waals surface area contributed by atoms with Crippen LogP contribution in [0.15, 0.2) is 182 Å². The molecule has 6 heteroatoms. The van der Waals surface area contributed by atoms with Gasteiger partial charge in [-0.05, 0) is 73.6 Å². The summed E-state index contributed by atoms with van der Waals surface area (Å²) >= 11 is 0. The summed E-state index contributed by atoms with van der Waals surface area (Å²) in [5.74, 6) is 1.83. The molecule has 10 aromatic rings. The lowest BCUT2D eigenvalue weighted by Gasteiger charge is -2.16. The Bertz CT molecular complexity index is 3200. The number of hydrogen-bond donors (Lipinski definition) is 0. The average Bonchev–Trinajstić information content (AvgIpc) is 3.31. The molecule has 0 bridgehead atoms. The van der Waals surface area contributed by atoms with Gasteiger partial charge in [0.05, 0.1) is 18.7 Å². The van der Waals surface area contributed by atoms with Crippen molar-refractivity contribution in [1.82, 2.24) is 19.9 Å². The second kappa shape index (κ2) is 14.4. The third kappa shape index (κ3) is 6.18. The van der Waals surface area contributed by atoms with E-state index in [1.54, 1.807) is 6.07 Å². The molecule has 0 fully saturated rings. The third-order valence-corrected chi connectivity index (χ3v) is 10.5. The molecule has 8 aromatic carbocycles. The third-order valence-electron chi connectivity index (χ3n) is 10.5. The van der Waals surface area contributed by atoms with E-state index >= 15 is 0 Å². The molecule has 0 atom stereocenters. The van der Waals surface area contributed by atoms with Gasteiger partial charge in [-0.25, -0.2) is 24.6 Å². The summed E-state index contributed by atoms with van der Waals surface area (Å²) in [6.45, 7) is 15.0. The molecule has 0 aliphatic carbocycles. The van der Waals surface area contributed by atoms with E-state index in [1.165, 1.54) is 0 Å². The summed E-state index contributed by atoms with van der Waals surface area (Å²) in [5.41, 5.74) is 10.6. The fourth-order valence-corrected chi connectivity index (χ4v) is 7.78. The SMILES string of the molecule is [C-]#[N+]c1cc([N+]#[C-])cc(-c2ccc(-c3cc4c5cccnc5c(-c5cccc(-c6nc(-c7ccccc7)nc(-c7ccccc7)n6)c5)cc4c4ccccc34)cc2)c1. The number of rotatable bonds is 6. The number of benzene rings is 8. The smallest absolute Gasteiger partial charge is 0.177 e. The fourth-order valence-electron chi connectivity index (χ4n) is 7.78. The van der Waals surface area contributed by atoms with Gasteiger partial charge in [0, 0.05) is 33.8 Å². The molecule has 0 N–H and O–H groups in total. The van der Waals surface area contributed by atoms with Crippen molar-refractivity contribution in [2.45, 2.75) is 0 Å². The molecular weight excluding hydrogens is 709 g/mol. The molecule has 0 aliphatic heterocycles. The lowest BCUT2D eigenvalue weighted by molar-refractivity contribution is 1.07. The van der Waals surface area contributed by atoms with Crippen molar-refractivity contribution in [2.24, 2.45) is 0 Å². The van der Waals surface area contributed by atoms with E-state index in [2.05, 4.69) is 101 Å². The van der Waals surface area contributed by atoms with Crippen molar-refractivity contribution in [2.75, 3.05) is 0 Å². The zero-order chi connectivity index (χ0) is 39.0. The van der Waals surface area contributed by atoms with Gasteiger partial charge in [-0.1, -0.05) is 152 Å². The molecule has 6 nitrogen and oxygen atoms in total. The maximum Gasteiger partial charge on any atom is 0.177 e. The molecule has 0 saturated carbocycles. The Morgan fingerprint density at radius 2 is 0.845 bits per heavy atom. The first-order valence-electron chi connectivity index (χ1n) is 18.9. The lowest BCUT2D eigenvalue weighted by atomic mass is 9.88. The van der Waals surface area contributed by atoms with E-state index in [0.29, 0.717) is 28.8 Å². The normalized spacial score (nSPS) is 11.1. The molecule has 0 radical (unpaired) electrons. The van der Waals surface area contributed by atoms with Gasteiger partial charge in [0.2, 0.25) is 0 Å². The summed E-state index contributed by atoms with van der Waals surface area (Å²) in [6, 6.07) is 59.4. The van der Waals surface area contributed by atoms with Crippen LogP contribution in [0.4, 0.5) is 11.4 Å². The fraction of sp³-hybridized carbons (Fsp3) is 0. The second-order valence-electron chi connectivity index (χ2n) is 14.0. The number of aromatic nitrogens is 4. The van der Waals surface area contributed by atoms with Gasteiger partial charge in [0.15, 0.2) is 28.8 Å². The summed E-state index contributed by atoms with van der Waals surface area (Å²) in [7, 11) is 0. The highest BCUT2D eigenvalue weighted by molar-refractivity contribution is 6.23. The second-order valence-corrected chi connectivity index (χ2v) is 14.0. The van der Waals surface area contributed by atoms with Crippen molar-refractivity contribution >= 4 is 43.8 Å². The summed E-state index contributed by atoms with van der Waals surface area (Å²) < 4.78 is 0. The van der Waals surface area contributed by atoms with Crippen LogP contribution >= 0.6 is 0 Å². The molecular formula is C52H30N6.